The second-order valence-corrected chi connectivity index (χ2v) is 3.92. The zero-order valence-electron chi connectivity index (χ0n) is 10.1. The van der Waals surface area contributed by atoms with E-state index in [-0.39, 0.29) is 26.2 Å². The molecule has 0 unspecified atom stereocenters. The SMILES string of the molecule is CC1=C(C)CC=[C-]1.CC1=C(C)CC=[C-]1.[Zr+2]. The van der Waals surface area contributed by atoms with Gasteiger partial charge in [-0.1, -0.05) is 26.7 Å². The minimum atomic E-state index is 0. The van der Waals surface area contributed by atoms with Crippen LogP contribution < -0.4 is 0 Å². The van der Waals surface area contributed by atoms with Gasteiger partial charge in [-0.2, -0.15) is 12.2 Å². The molecule has 0 bridgehead atoms. The summed E-state index contributed by atoms with van der Waals surface area (Å²) >= 11 is 0. The van der Waals surface area contributed by atoms with Gasteiger partial charge in [-0.15, -0.1) is 13.8 Å². The van der Waals surface area contributed by atoms with Gasteiger partial charge in [0.2, 0.25) is 0 Å². The molecule has 0 fully saturated rings. The maximum atomic E-state index is 3.12. The van der Waals surface area contributed by atoms with Gasteiger partial charge in [-0.3, -0.25) is 12.2 Å². The number of rotatable bonds is 0. The third-order valence-corrected chi connectivity index (χ3v) is 2.73. The van der Waals surface area contributed by atoms with Gasteiger partial charge < -0.3 is 0 Å². The van der Waals surface area contributed by atoms with Gasteiger partial charge in [0.05, 0.1) is 0 Å². The van der Waals surface area contributed by atoms with E-state index in [9.17, 15) is 0 Å². The van der Waals surface area contributed by atoms with Gasteiger partial charge in [0.15, 0.2) is 0 Å². The summed E-state index contributed by atoms with van der Waals surface area (Å²) in [7, 11) is 0. The van der Waals surface area contributed by atoms with Crippen LogP contribution in [-0.4, -0.2) is 0 Å². The fourth-order valence-corrected chi connectivity index (χ4v) is 1.27. The van der Waals surface area contributed by atoms with Crippen LogP contribution in [0.15, 0.2) is 34.4 Å². The molecule has 2 rings (SSSR count). The van der Waals surface area contributed by atoms with Crippen molar-refractivity contribution in [3.63, 3.8) is 0 Å². The molecule has 0 aromatic heterocycles. The third-order valence-electron chi connectivity index (χ3n) is 2.73. The topological polar surface area (TPSA) is 0 Å². The summed E-state index contributed by atoms with van der Waals surface area (Å²) in [5, 5.41) is 0. The maximum Gasteiger partial charge on any atom is 2.00 e. The number of hydrogen-bond donors (Lipinski definition) is 0. The molecule has 2 aliphatic carbocycles. The van der Waals surface area contributed by atoms with Crippen LogP contribution in [0.5, 0.6) is 0 Å². The minimum Gasteiger partial charge on any atom is -0.253 e. The van der Waals surface area contributed by atoms with Gasteiger partial charge in [-0.05, 0) is 0 Å². The Morgan fingerprint density at radius 1 is 0.800 bits per heavy atom. The Balaban J connectivity index is 0.000000245. The van der Waals surface area contributed by atoms with Crippen molar-refractivity contribution in [2.45, 2.75) is 40.5 Å². The Hall–Kier alpha value is -0.157. The minimum absolute atomic E-state index is 0. The van der Waals surface area contributed by atoms with Gasteiger partial charge >= 0.3 is 26.2 Å². The first-order valence-corrected chi connectivity index (χ1v) is 5.10. The standard InChI is InChI=1S/2C7H9.Zr/c2*1-6-4-3-5-7(6)2;/h2*3H,4H2,1-2H3;/q2*-1;+2. The van der Waals surface area contributed by atoms with Crippen LogP contribution in [0.2, 0.25) is 0 Å². The van der Waals surface area contributed by atoms with Crippen molar-refractivity contribution in [3.05, 3.63) is 46.6 Å². The van der Waals surface area contributed by atoms with Crippen molar-refractivity contribution < 1.29 is 26.2 Å². The first-order chi connectivity index (χ1) is 6.61. The molecule has 1 heteroatoms. The average Bonchev–Trinajstić information content (AvgIpc) is 2.67. The zero-order chi connectivity index (χ0) is 10.6. The van der Waals surface area contributed by atoms with Crippen LogP contribution in [0.25, 0.3) is 0 Å². The summed E-state index contributed by atoms with van der Waals surface area (Å²) in [5.74, 6) is 0. The molecule has 0 spiro atoms. The molecule has 0 atom stereocenters. The molecule has 0 saturated carbocycles. The Kier molecular flexibility index (Phi) is 7.10. The molecule has 0 aromatic carbocycles. The Labute approximate surface area is 113 Å². The van der Waals surface area contributed by atoms with E-state index in [1.807, 2.05) is 0 Å². The van der Waals surface area contributed by atoms with Crippen molar-refractivity contribution in [3.8, 4) is 0 Å². The van der Waals surface area contributed by atoms with Crippen LogP contribution in [0.1, 0.15) is 40.5 Å². The van der Waals surface area contributed by atoms with E-state index >= 15 is 0 Å². The van der Waals surface area contributed by atoms with Crippen LogP contribution in [-0.2, 0) is 26.2 Å². The molecule has 0 amide bonds. The molecule has 0 radical (unpaired) electrons. The molecule has 0 N–H and O–H groups in total. The van der Waals surface area contributed by atoms with Gasteiger partial charge in [0.1, 0.15) is 0 Å². The van der Waals surface area contributed by atoms with Crippen LogP contribution in [0.4, 0.5) is 0 Å². The Bertz CT molecular complexity index is 293. The van der Waals surface area contributed by atoms with E-state index in [1.54, 1.807) is 0 Å². The fraction of sp³-hybridized carbons (Fsp3) is 0.429. The van der Waals surface area contributed by atoms with Crippen molar-refractivity contribution in [2.24, 2.45) is 0 Å². The predicted octanol–water partition coefficient (Wildman–Crippen LogP) is 4.17. The fourth-order valence-electron chi connectivity index (χ4n) is 1.27. The molecule has 0 heterocycles. The summed E-state index contributed by atoms with van der Waals surface area (Å²) in [5.41, 5.74) is 5.56. The maximum absolute atomic E-state index is 3.12. The van der Waals surface area contributed by atoms with Crippen molar-refractivity contribution in [1.82, 2.24) is 0 Å². The average molecular weight is 278 g/mol. The molecule has 0 aliphatic heterocycles. The number of hydrogen-bond acceptors (Lipinski definition) is 0. The van der Waals surface area contributed by atoms with Gasteiger partial charge in [0, 0.05) is 0 Å². The van der Waals surface area contributed by atoms with Crippen molar-refractivity contribution >= 4 is 0 Å². The quantitative estimate of drug-likeness (QED) is 0.583. The van der Waals surface area contributed by atoms with E-state index in [4.69, 9.17) is 0 Å². The molecular formula is C14H18Zr. The van der Waals surface area contributed by atoms with E-state index in [0.717, 1.165) is 12.8 Å². The first-order valence-electron chi connectivity index (χ1n) is 5.10. The molecule has 2 aliphatic rings. The molecule has 15 heavy (non-hydrogen) atoms. The van der Waals surface area contributed by atoms with E-state index < -0.39 is 0 Å². The third kappa shape index (κ3) is 4.93. The second-order valence-electron chi connectivity index (χ2n) is 3.92. The van der Waals surface area contributed by atoms with E-state index in [0.29, 0.717) is 0 Å². The van der Waals surface area contributed by atoms with Crippen molar-refractivity contribution in [2.75, 3.05) is 0 Å². The van der Waals surface area contributed by atoms with Crippen LogP contribution in [0.3, 0.4) is 0 Å². The molecule has 0 aromatic rings. The predicted molar refractivity (Wildman–Crippen MR) is 61.6 cm³/mol. The second kappa shape index (κ2) is 7.17. The zero-order valence-corrected chi connectivity index (χ0v) is 12.5. The van der Waals surface area contributed by atoms with Crippen LogP contribution >= 0.6 is 0 Å². The van der Waals surface area contributed by atoms with Crippen molar-refractivity contribution in [1.29, 1.82) is 0 Å². The largest absolute Gasteiger partial charge is 2.00 e. The Morgan fingerprint density at radius 2 is 1.13 bits per heavy atom. The summed E-state index contributed by atoms with van der Waals surface area (Å²) in [6.07, 6.45) is 12.6. The van der Waals surface area contributed by atoms with Gasteiger partial charge in [-0.25, -0.2) is 22.3 Å². The molecule has 78 valence electrons. The summed E-state index contributed by atoms with van der Waals surface area (Å²) in [6.45, 7) is 8.48. The van der Waals surface area contributed by atoms with Crippen LogP contribution in [0, 0.1) is 12.2 Å². The first kappa shape index (κ1) is 14.8. The molecule has 0 saturated heterocycles. The Morgan fingerprint density at radius 3 is 1.20 bits per heavy atom. The summed E-state index contributed by atoms with van der Waals surface area (Å²) < 4.78 is 0. The van der Waals surface area contributed by atoms with Gasteiger partial charge in [0.25, 0.3) is 0 Å². The smallest absolute Gasteiger partial charge is 0.253 e. The number of allylic oxidation sites excluding steroid dienone is 8. The molecular weight excluding hydrogens is 259 g/mol. The summed E-state index contributed by atoms with van der Waals surface area (Å²) in [4.78, 5) is 0. The van der Waals surface area contributed by atoms with E-state index in [1.165, 1.54) is 22.3 Å². The van der Waals surface area contributed by atoms with E-state index in [2.05, 4.69) is 52.0 Å². The normalized spacial score (nSPS) is 17.9. The summed E-state index contributed by atoms with van der Waals surface area (Å²) in [6, 6.07) is 0. The monoisotopic (exact) mass is 276 g/mol. The molecule has 0 nitrogen and oxygen atoms in total.